The lowest BCUT2D eigenvalue weighted by Crippen LogP contribution is -2.32. The zero-order chi connectivity index (χ0) is 14.6. The summed E-state index contributed by atoms with van der Waals surface area (Å²) in [6.45, 7) is 4.00. The Morgan fingerprint density at radius 3 is 2.58 bits per heavy atom. The number of rotatable bonds is 6. The van der Waals surface area contributed by atoms with Crippen LogP contribution in [0.4, 0.5) is 5.69 Å². The molecule has 7 heteroatoms. The number of benzene rings is 1. The highest BCUT2D eigenvalue weighted by Gasteiger charge is 2.25. The molecule has 0 aliphatic heterocycles. The van der Waals surface area contributed by atoms with E-state index in [0.717, 1.165) is 5.56 Å². The van der Waals surface area contributed by atoms with Crippen LogP contribution < -0.4 is 5.73 Å². The molecule has 0 bridgehead atoms. The minimum Gasteiger partial charge on any atom is -0.398 e. The summed E-state index contributed by atoms with van der Waals surface area (Å²) in [6, 6.07) is 2.93. The van der Waals surface area contributed by atoms with Gasteiger partial charge in [-0.1, -0.05) is 18.5 Å². The molecule has 0 aliphatic carbocycles. The molecule has 1 aromatic carbocycles. The smallest absolute Gasteiger partial charge is 0.244 e. The van der Waals surface area contributed by atoms with Gasteiger partial charge in [0, 0.05) is 25.4 Å². The Labute approximate surface area is 119 Å². The number of nitrogens with zero attached hydrogens (tertiary/aromatic N) is 1. The van der Waals surface area contributed by atoms with E-state index in [2.05, 4.69) is 0 Å². The van der Waals surface area contributed by atoms with Gasteiger partial charge in [-0.15, -0.1) is 0 Å². The number of sulfonamides is 1. The van der Waals surface area contributed by atoms with Gasteiger partial charge in [-0.2, -0.15) is 4.31 Å². The molecule has 0 spiro atoms. The van der Waals surface area contributed by atoms with Gasteiger partial charge in [0.25, 0.3) is 0 Å². The van der Waals surface area contributed by atoms with E-state index in [1.807, 2.05) is 0 Å². The van der Waals surface area contributed by atoms with E-state index in [9.17, 15) is 8.42 Å². The highest BCUT2D eigenvalue weighted by molar-refractivity contribution is 7.89. The standard InChI is InChI=1S/C12H19ClN2O3S/c1-3-15(5-4-6-16)19(17,18)12-8-11(14)9(2)7-10(12)13/h7-8,16H,3-6,14H2,1-2H3. The summed E-state index contributed by atoms with van der Waals surface area (Å²) in [7, 11) is -3.68. The maximum atomic E-state index is 12.5. The number of nitrogens with two attached hydrogens (primary N) is 1. The molecule has 0 heterocycles. The Morgan fingerprint density at radius 2 is 2.05 bits per heavy atom. The molecule has 0 amide bonds. The summed E-state index contributed by atoms with van der Waals surface area (Å²) in [5.74, 6) is 0. The van der Waals surface area contributed by atoms with E-state index in [1.54, 1.807) is 19.9 Å². The molecule has 1 aromatic rings. The van der Waals surface area contributed by atoms with Crippen molar-refractivity contribution in [3.63, 3.8) is 0 Å². The summed E-state index contributed by atoms with van der Waals surface area (Å²) in [5, 5.41) is 8.98. The third-order valence-electron chi connectivity index (χ3n) is 2.86. The van der Waals surface area contributed by atoms with Crippen molar-refractivity contribution in [1.29, 1.82) is 0 Å². The third kappa shape index (κ3) is 3.60. The van der Waals surface area contributed by atoms with Gasteiger partial charge in [0.2, 0.25) is 10.0 Å². The zero-order valence-corrected chi connectivity index (χ0v) is 12.6. The molecule has 0 atom stereocenters. The van der Waals surface area contributed by atoms with Crippen molar-refractivity contribution in [3.05, 3.63) is 22.7 Å². The molecule has 1 rings (SSSR count). The van der Waals surface area contributed by atoms with Crippen molar-refractivity contribution in [2.45, 2.75) is 25.2 Å². The van der Waals surface area contributed by atoms with E-state index < -0.39 is 10.0 Å². The first-order valence-corrected chi connectivity index (χ1v) is 7.83. The molecule has 0 radical (unpaired) electrons. The second-order valence-corrected chi connectivity index (χ2v) is 6.53. The van der Waals surface area contributed by atoms with Crippen molar-refractivity contribution >= 4 is 27.3 Å². The number of nitrogen functional groups attached to an aromatic ring is 1. The number of aliphatic hydroxyl groups is 1. The van der Waals surface area contributed by atoms with Crippen molar-refractivity contribution in [3.8, 4) is 0 Å². The SMILES string of the molecule is CCN(CCCO)S(=O)(=O)c1cc(N)c(C)cc1Cl. The Bertz CT molecular complexity index is 546. The normalized spacial score (nSPS) is 12.1. The van der Waals surface area contributed by atoms with E-state index >= 15 is 0 Å². The second kappa shape index (κ2) is 6.56. The van der Waals surface area contributed by atoms with Crippen LogP contribution in [0.1, 0.15) is 18.9 Å². The Morgan fingerprint density at radius 1 is 1.42 bits per heavy atom. The fraction of sp³-hybridized carbons (Fsp3) is 0.500. The second-order valence-electron chi connectivity index (χ2n) is 4.21. The van der Waals surface area contributed by atoms with Crippen molar-refractivity contribution in [2.24, 2.45) is 0 Å². The van der Waals surface area contributed by atoms with Crippen molar-refractivity contribution in [2.75, 3.05) is 25.4 Å². The van der Waals surface area contributed by atoms with Gasteiger partial charge >= 0.3 is 0 Å². The molecular weight excluding hydrogens is 288 g/mol. The van der Waals surface area contributed by atoms with E-state index in [-0.39, 0.29) is 23.1 Å². The molecule has 0 saturated heterocycles. The van der Waals surface area contributed by atoms with E-state index in [4.69, 9.17) is 22.4 Å². The molecule has 19 heavy (non-hydrogen) atoms. The first-order valence-electron chi connectivity index (χ1n) is 6.01. The molecule has 0 aliphatic rings. The van der Waals surface area contributed by atoms with E-state index in [1.165, 1.54) is 10.4 Å². The van der Waals surface area contributed by atoms with Gasteiger partial charge in [0.15, 0.2) is 0 Å². The Kier molecular flexibility index (Phi) is 5.61. The third-order valence-corrected chi connectivity index (χ3v) is 5.30. The predicted octanol–water partition coefficient (Wildman–Crippen LogP) is 1.62. The highest BCUT2D eigenvalue weighted by atomic mass is 35.5. The minimum absolute atomic E-state index is 0.0112. The number of halogens is 1. The van der Waals surface area contributed by atoms with Crippen LogP contribution in [-0.2, 0) is 10.0 Å². The Hall–Kier alpha value is -0.820. The average Bonchev–Trinajstić information content (AvgIpc) is 2.34. The van der Waals surface area contributed by atoms with Crippen LogP contribution in [0.25, 0.3) is 0 Å². The summed E-state index contributed by atoms with van der Waals surface area (Å²) in [5.41, 5.74) is 6.87. The van der Waals surface area contributed by atoms with Crippen LogP contribution in [0.3, 0.4) is 0 Å². The van der Waals surface area contributed by atoms with Crippen molar-refractivity contribution in [1.82, 2.24) is 4.31 Å². The number of aryl methyl sites for hydroxylation is 1. The first-order chi connectivity index (χ1) is 8.84. The van der Waals surface area contributed by atoms with Crippen molar-refractivity contribution < 1.29 is 13.5 Å². The zero-order valence-electron chi connectivity index (χ0n) is 11.1. The molecular formula is C12H19ClN2O3S. The minimum atomic E-state index is -3.68. The van der Waals surface area contributed by atoms with Crippen LogP contribution >= 0.6 is 11.6 Å². The van der Waals surface area contributed by atoms with Gasteiger partial charge in [0.05, 0.1) is 5.02 Å². The average molecular weight is 307 g/mol. The van der Waals surface area contributed by atoms with Crippen LogP contribution in [-0.4, -0.2) is 37.5 Å². The molecule has 0 unspecified atom stereocenters. The lowest BCUT2D eigenvalue weighted by molar-refractivity contribution is 0.271. The molecule has 108 valence electrons. The lowest BCUT2D eigenvalue weighted by Gasteiger charge is -2.21. The molecule has 0 aromatic heterocycles. The maximum absolute atomic E-state index is 12.5. The van der Waals surface area contributed by atoms with E-state index in [0.29, 0.717) is 18.7 Å². The topological polar surface area (TPSA) is 83.6 Å². The Balaban J connectivity index is 3.22. The van der Waals surface area contributed by atoms with Gasteiger partial charge < -0.3 is 10.8 Å². The number of hydrogen-bond acceptors (Lipinski definition) is 4. The summed E-state index contributed by atoms with van der Waals surface area (Å²) < 4.78 is 26.2. The highest BCUT2D eigenvalue weighted by Crippen LogP contribution is 2.29. The van der Waals surface area contributed by atoms with Gasteiger partial charge in [0.1, 0.15) is 4.90 Å². The lowest BCUT2D eigenvalue weighted by atomic mass is 10.2. The van der Waals surface area contributed by atoms with Gasteiger partial charge in [-0.3, -0.25) is 0 Å². The fourth-order valence-corrected chi connectivity index (χ4v) is 3.78. The van der Waals surface area contributed by atoms with Crippen LogP contribution in [0.5, 0.6) is 0 Å². The first kappa shape index (κ1) is 16.2. The predicted molar refractivity (Wildman–Crippen MR) is 76.7 cm³/mol. The van der Waals surface area contributed by atoms with Crippen LogP contribution in [0.2, 0.25) is 5.02 Å². The quantitative estimate of drug-likeness (QED) is 0.782. The van der Waals surface area contributed by atoms with Crippen LogP contribution in [0.15, 0.2) is 17.0 Å². The molecule has 0 saturated carbocycles. The summed E-state index contributed by atoms with van der Waals surface area (Å²) in [4.78, 5) is 0.0112. The number of aliphatic hydroxyl groups excluding tert-OH is 1. The monoisotopic (exact) mass is 306 g/mol. The fourth-order valence-electron chi connectivity index (χ4n) is 1.70. The molecule has 5 nitrogen and oxygen atoms in total. The number of anilines is 1. The largest absolute Gasteiger partial charge is 0.398 e. The maximum Gasteiger partial charge on any atom is 0.244 e. The van der Waals surface area contributed by atoms with Crippen LogP contribution in [0, 0.1) is 6.92 Å². The molecule has 0 fully saturated rings. The summed E-state index contributed by atoms with van der Waals surface area (Å²) in [6.07, 6.45) is 0.381. The summed E-state index contributed by atoms with van der Waals surface area (Å²) >= 11 is 6.01. The number of hydrogen-bond donors (Lipinski definition) is 2. The van der Waals surface area contributed by atoms with Gasteiger partial charge in [-0.05, 0) is 31.0 Å². The van der Waals surface area contributed by atoms with Gasteiger partial charge in [-0.25, -0.2) is 8.42 Å². The molecule has 3 N–H and O–H groups in total.